The van der Waals surface area contributed by atoms with Crippen LogP contribution in [-0.4, -0.2) is 54.8 Å². The molecular weight excluding hydrogens is 488 g/mol. The first-order valence-corrected chi connectivity index (χ1v) is 12.5. The molecule has 0 bridgehead atoms. The number of carbonyl (C=O) groups excluding carboxylic acids is 1. The molecule has 0 spiro atoms. The molecule has 1 saturated heterocycles. The zero-order valence-electron chi connectivity index (χ0n) is 22.2. The summed E-state index contributed by atoms with van der Waals surface area (Å²) < 4.78 is 27.8. The SMILES string of the molecule is CCOc1ccc(C2CC3C(=O)N(Cc4nc(-c5cc(OC)c(OC)c(OC)c5)oc4C)C=CN3N2)cc1. The Kier molecular flexibility index (Phi) is 7.15. The lowest BCUT2D eigenvalue weighted by atomic mass is 10.0. The Bertz CT molecular complexity index is 1310. The number of methoxy groups -OCH3 is 3. The highest BCUT2D eigenvalue weighted by Gasteiger charge is 2.40. The second-order valence-electron chi connectivity index (χ2n) is 9.04. The number of nitrogens with one attached hydrogen (secondary N) is 1. The fourth-order valence-electron chi connectivity index (χ4n) is 4.81. The second kappa shape index (κ2) is 10.7. The van der Waals surface area contributed by atoms with Crippen LogP contribution in [-0.2, 0) is 11.3 Å². The van der Waals surface area contributed by atoms with Crippen molar-refractivity contribution in [3.63, 3.8) is 0 Å². The summed E-state index contributed by atoms with van der Waals surface area (Å²) in [6.45, 7) is 4.73. The van der Waals surface area contributed by atoms with Gasteiger partial charge in [0.2, 0.25) is 11.6 Å². The third kappa shape index (κ3) is 4.74. The molecule has 3 heterocycles. The highest BCUT2D eigenvalue weighted by molar-refractivity contribution is 5.84. The van der Waals surface area contributed by atoms with E-state index in [2.05, 4.69) is 5.43 Å². The number of oxazole rings is 1. The molecule has 2 atom stereocenters. The van der Waals surface area contributed by atoms with Gasteiger partial charge in [0.1, 0.15) is 23.2 Å². The number of nitrogens with zero attached hydrogens (tertiary/aromatic N) is 3. The lowest BCUT2D eigenvalue weighted by Gasteiger charge is -2.31. The number of rotatable bonds is 9. The van der Waals surface area contributed by atoms with Gasteiger partial charge in [-0.1, -0.05) is 12.1 Å². The first-order valence-electron chi connectivity index (χ1n) is 12.5. The van der Waals surface area contributed by atoms with Crippen molar-refractivity contribution in [1.82, 2.24) is 20.3 Å². The van der Waals surface area contributed by atoms with E-state index in [9.17, 15) is 4.79 Å². The predicted molar refractivity (Wildman–Crippen MR) is 140 cm³/mol. The summed E-state index contributed by atoms with van der Waals surface area (Å²) in [4.78, 5) is 19.8. The predicted octanol–water partition coefficient (Wildman–Crippen LogP) is 4.21. The summed E-state index contributed by atoms with van der Waals surface area (Å²) in [7, 11) is 4.67. The van der Waals surface area contributed by atoms with Gasteiger partial charge >= 0.3 is 0 Å². The fourth-order valence-corrected chi connectivity index (χ4v) is 4.81. The van der Waals surface area contributed by atoms with E-state index in [1.165, 1.54) is 0 Å². The van der Waals surface area contributed by atoms with Crippen molar-refractivity contribution < 1.29 is 28.2 Å². The molecule has 1 amide bonds. The number of carbonyl (C=O) groups is 1. The minimum absolute atomic E-state index is 0.00479. The van der Waals surface area contributed by atoms with Gasteiger partial charge in [-0.2, -0.15) is 0 Å². The summed E-state index contributed by atoms with van der Waals surface area (Å²) in [6, 6.07) is 11.3. The van der Waals surface area contributed by atoms with Crippen molar-refractivity contribution in [3.05, 3.63) is 65.8 Å². The van der Waals surface area contributed by atoms with E-state index < -0.39 is 0 Å². The maximum atomic E-state index is 13.4. The van der Waals surface area contributed by atoms with Gasteiger partial charge in [-0.3, -0.25) is 4.79 Å². The van der Waals surface area contributed by atoms with Crippen LogP contribution in [0.2, 0.25) is 0 Å². The molecular formula is C28H32N4O6. The summed E-state index contributed by atoms with van der Waals surface area (Å²) >= 11 is 0. The molecule has 1 aromatic heterocycles. The zero-order valence-corrected chi connectivity index (χ0v) is 22.2. The number of hydrogen-bond acceptors (Lipinski definition) is 9. The molecule has 2 aromatic carbocycles. The number of ether oxygens (including phenoxy) is 4. The summed E-state index contributed by atoms with van der Waals surface area (Å²) in [5, 5.41) is 1.89. The molecule has 2 unspecified atom stereocenters. The van der Waals surface area contributed by atoms with E-state index in [0.29, 0.717) is 59.7 Å². The standard InChI is InChI=1S/C28H32N4O6/c1-6-37-20-9-7-18(8-10-20)21-15-23-28(33)31(11-12-32(23)30-21)16-22-17(2)38-27(29-22)19-13-24(34-3)26(36-5)25(14-19)35-4/h7-14,21,23,30H,6,15-16H2,1-5H3. The van der Waals surface area contributed by atoms with E-state index in [4.69, 9.17) is 28.3 Å². The van der Waals surface area contributed by atoms with Gasteiger partial charge in [-0.15, -0.1) is 0 Å². The molecule has 1 N–H and O–H groups in total. The molecule has 5 rings (SSSR count). The van der Waals surface area contributed by atoms with Crippen LogP contribution >= 0.6 is 0 Å². The van der Waals surface area contributed by atoms with Crippen molar-refractivity contribution in [2.75, 3.05) is 27.9 Å². The molecule has 1 fully saturated rings. The summed E-state index contributed by atoms with van der Waals surface area (Å²) in [5.74, 6) is 3.38. The molecule has 0 aliphatic carbocycles. The normalized spacial score (nSPS) is 18.5. The topological polar surface area (TPSA) is 98.5 Å². The lowest BCUT2D eigenvalue weighted by molar-refractivity contribution is -0.135. The Hall–Kier alpha value is -4.18. The van der Waals surface area contributed by atoms with Gasteiger partial charge in [0, 0.05) is 18.0 Å². The van der Waals surface area contributed by atoms with E-state index in [0.717, 1.165) is 11.3 Å². The second-order valence-corrected chi connectivity index (χ2v) is 9.04. The summed E-state index contributed by atoms with van der Waals surface area (Å²) in [5.41, 5.74) is 5.90. The maximum absolute atomic E-state index is 13.4. The van der Waals surface area contributed by atoms with Gasteiger partial charge in [0.05, 0.1) is 40.5 Å². The van der Waals surface area contributed by atoms with Crippen LogP contribution in [0.25, 0.3) is 11.5 Å². The van der Waals surface area contributed by atoms with Gasteiger partial charge in [-0.25, -0.2) is 10.4 Å². The molecule has 200 valence electrons. The first-order chi connectivity index (χ1) is 18.4. The first kappa shape index (κ1) is 25.5. The third-order valence-corrected chi connectivity index (χ3v) is 6.79. The Morgan fingerprint density at radius 2 is 1.76 bits per heavy atom. The molecule has 2 aliphatic rings. The lowest BCUT2D eigenvalue weighted by Crippen LogP contribution is -2.47. The molecule has 0 saturated carbocycles. The zero-order chi connectivity index (χ0) is 26.8. The smallest absolute Gasteiger partial charge is 0.251 e. The highest BCUT2D eigenvalue weighted by atomic mass is 16.5. The average molecular weight is 521 g/mol. The van der Waals surface area contributed by atoms with Crippen molar-refractivity contribution in [2.45, 2.75) is 38.9 Å². The maximum Gasteiger partial charge on any atom is 0.251 e. The number of amides is 1. The molecule has 38 heavy (non-hydrogen) atoms. The van der Waals surface area contributed by atoms with Crippen LogP contribution in [0, 0.1) is 6.92 Å². The van der Waals surface area contributed by atoms with Crippen LogP contribution in [0.15, 0.2) is 53.2 Å². The number of aromatic nitrogens is 1. The Labute approximate surface area is 221 Å². The van der Waals surface area contributed by atoms with Crippen molar-refractivity contribution in [2.24, 2.45) is 0 Å². The quantitative estimate of drug-likeness (QED) is 0.445. The third-order valence-electron chi connectivity index (χ3n) is 6.79. The van der Waals surface area contributed by atoms with Crippen molar-refractivity contribution >= 4 is 5.91 Å². The monoisotopic (exact) mass is 520 g/mol. The van der Waals surface area contributed by atoms with Crippen LogP contribution in [0.1, 0.15) is 36.4 Å². The van der Waals surface area contributed by atoms with E-state index in [1.807, 2.05) is 49.3 Å². The molecule has 10 nitrogen and oxygen atoms in total. The minimum Gasteiger partial charge on any atom is -0.494 e. The Morgan fingerprint density at radius 1 is 1.05 bits per heavy atom. The number of hydrazine groups is 1. The van der Waals surface area contributed by atoms with Crippen LogP contribution < -0.4 is 24.4 Å². The van der Waals surface area contributed by atoms with Crippen LogP contribution in [0.4, 0.5) is 0 Å². The number of aryl methyl sites for hydroxylation is 1. The highest BCUT2D eigenvalue weighted by Crippen LogP contribution is 2.41. The Balaban J connectivity index is 1.31. The van der Waals surface area contributed by atoms with Gasteiger partial charge in [-0.05, 0) is 50.1 Å². The van der Waals surface area contributed by atoms with Crippen LogP contribution in [0.5, 0.6) is 23.0 Å². The average Bonchev–Trinajstić information content (AvgIpc) is 3.54. The number of benzene rings is 2. The molecule has 0 radical (unpaired) electrons. The fraction of sp³-hybridized carbons (Fsp3) is 0.357. The van der Waals surface area contributed by atoms with Gasteiger partial charge in [0.15, 0.2) is 11.5 Å². The number of fused-ring (bicyclic) bond motifs is 1. The minimum atomic E-state index is -0.307. The Morgan fingerprint density at radius 3 is 2.39 bits per heavy atom. The molecule has 2 aliphatic heterocycles. The van der Waals surface area contributed by atoms with Gasteiger partial charge in [0.25, 0.3) is 5.91 Å². The summed E-state index contributed by atoms with van der Waals surface area (Å²) in [6.07, 6.45) is 4.33. The van der Waals surface area contributed by atoms with E-state index in [1.54, 1.807) is 44.6 Å². The largest absolute Gasteiger partial charge is 0.494 e. The number of hydrogen-bond donors (Lipinski definition) is 1. The molecule has 10 heteroatoms. The van der Waals surface area contributed by atoms with E-state index >= 15 is 0 Å². The van der Waals surface area contributed by atoms with Crippen LogP contribution in [0.3, 0.4) is 0 Å². The van der Waals surface area contributed by atoms with E-state index in [-0.39, 0.29) is 18.0 Å². The molecule has 3 aromatic rings. The van der Waals surface area contributed by atoms with Crippen molar-refractivity contribution in [3.8, 4) is 34.5 Å². The van der Waals surface area contributed by atoms with Gasteiger partial charge < -0.3 is 33.3 Å². The van der Waals surface area contributed by atoms with Crippen molar-refractivity contribution in [1.29, 1.82) is 0 Å².